The molecule has 0 saturated heterocycles. The van der Waals surface area contributed by atoms with E-state index in [1.54, 1.807) is 6.07 Å². The molecule has 0 fully saturated rings. The summed E-state index contributed by atoms with van der Waals surface area (Å²) in [4.78, 5) is 16.6. The van der Waals surface area contributed by atoms with Gasteiger partial charge in [-0.15, -0.1) is 0 Å². The highest BCUT2D eigenvalue weighted by Gasteiger charge is 2.30. The van der Waals surface area contributed by atoms with Gasteiger partial charge < -0.3 is 14.7 Å². The second-order valence-corrected chi connectivity index (χ2v) is 10.8. The predicted octanol–water partition coefficient (Wildman–Crippen LogP) is 4.33. The van der Waals surface area contributed by atoms with E-state index in [-0.39, 0.29) is 34.0 Å². The fourth-order valence-corrected chi connectivity index (χ4v) is 5.01. The summed E-state index contributed by atoms with van der Waals surface area (Å²) in [5.41, 5.74) is -1.21. The topological polar surface area (TPSA) is 126 Å². The lowest BCUT2D eigenvalue weighted by Gasteiger charge is -2.27. The predicted molar refractivity (Wildman–Crippen MR) is 126 cm³/mol. The Bertz CT molecular complexity index is 1400. The largest absolute Gasteiger partial charge is 0.497 e. The first kappa shape index (κ1) is 25.7. The fourth-order valence-electron chi connectivity index (χ4n) is 3.58. The van der Waals surface area contributed by atoms with Crippen LogP contribution >= 0.6 is 0 Å². The van der Waals surface area contributed by atoms with Crippen LogP contribution in [0.1, 0.15) is 32.0 Å². The molecule has 0 spiro atoms. The second kappa shape index (κ2) is 9.76. The minimum Gasteiger partial charge on any atom is -0.497 e. The Morgan fingerprint density at radius 3 is 2.60 bits per heavy atom. The zero-order chi connectivity index (χ0) is 26.0. The maximum atomic E-state index is 15.9. The Kier molecular flexibility index (Phi) is 7.17. The van der Waals surface area contributed by atoms with E-state index in [1.165, 1.54) is 43.6 Å². The molecular weight excluding hydrogens is 475 g/mol. The van der Waals surface area contributed by atoms with Crippen LogP contribution in [0.5, 0.6) is 5.75 Å². The summed E-state index contributed by atoms with van der Waals surface area (Å²) < 4.78 is 49.0. The van der Waals surface area contributed by atoms with Gasteiger partial charge in [0.05, 0.1) is 18.6 Å². The number of rotatable bonds is 7. The molecule has 0 bridgehead atoms. The SMILES string of the molecule is COc1cccc(S(=O)(=O)n2cc(CN(CC(C)(C)C)C(=O)O)c(F)c2-c2cccnc2C#N)c1. The van der Waals surface area contributed by atoms with Gasteiger partial charge in [-0.25, -0.2) is 26.6 Å². The molecule has 3 aromatic rings. The molecule has 2 heterocycles. The van der Waals surface area contributed by atoms with Crippen LogP contribution in [0.15, 0.2) is 53.7 Å². The first-order valence-corrected chi connectivity index (χ1v) is 12.0. The van der Waals surface area contributed by atoms with Gasteiger partial charge in [-0.1, -0.05) is 26.8 Å². The monoisotopic (exact) mass is 500 g/mol. The van der Waals surface area contributed by atoms with E-state index in [4.69, 9.17) is 4.74 Å². The Morgan fingerprint density at radius 1 is 1.29 bits per heavy atom. The molecule has 0 aliphatic carbocycles. The molecule has 9 nitrogen and oxygen atoms in total. The van der Waals surface area contributed by atoms with Crippen molar-refractivity contribution in [2.75, 3.05) is 13.7 Å². The number of hydrogen-bond acceptors (Lipinski definition) is 6. The van der Waals surface area contributed by atoms with Crippen molar-refractivity contribution in [1.29, 1.82) is 5.26 Å². The van der Waals surface area contributed by atoms with E-state index in [2.05, 4.69) is 4.98 Å². The number of amides is 1. The third-order valence-corrected chi connectivity index (χ3v) is 6.70. The van der Waals surface area contributed by atoms with Crippen LogP contribution in [-0.2, 0) is 16.6 Å². The van der Waals surface area contributed by atoms with Gasteiger partial charge in [0.15, 0.2) is 5.82 Å². The van der Waals surface area contributed by atoms with Crippen molar-refractivity contribution in [1.82, 2.24) is 13.9 Å². The molecule has 0 radical (unpaired) electrons. The van der Waals surface area contributed by atoms with Gasteiger partial charge in [-0.3, -0.25) is 0 Å². The molecule has 3 rings (SSSR count). The van der Waals surface area contributed by atoms with Crippen molar-refractivity contribution < 1.29 is 27.4 Å². The Morgan fingerprint density at radius 2 is 2.00 bits per heavy atom. The van der Waals surface area contributed by atoms with Crippen molar-refractivity contribution >= 4 is 16.1 Å². The number of nitrogens with zero attached hydrogens (tertiary/aromatic N) is 4. The maximum Gasteiger partial charge on any atom is 0.407 e. The number of ether oxygens (including phenoxy) is 1. The van der Waals surface area contributed by atoms with Gasteiger partial charge in [-0.05, 0) is 29.7 Å². The van der Waals surface area contributed by atoms with Crippen LogP contribution < -0.4 is 4.74 Å². The van der Waals surface area contributed by atoms with Gasteiger partial charge in [0.2, 0.25) is 0 Å². The van der Waals surface area contributed by atoms with E-state index in [9.17, 15) is 23.6 Å². The van der Waals surface area contributed by atoms with E-state index < -0.39 is 39.6 Å². The van der Waals surface area contributed by atoms with Crippen LogP contribution in [0.25, 0.3) is 11.3 Å². The highest BCUT2D eigenvalue weighted by molar-refractivity contribution is 7.90. The maximum absolute atomic E-state index is 15.9. The summed E-state index contributed by atoms with van der Waals surface area (Å²) in [6.45, 7) is 5.18. The highest BCUT2D eigenvalue weighted by Crippen LogP contribution is 2.33. The first-order chi connectivity index (χ1) is 16.4. The normalized spacial score (nSPS) is 11.7. The molecule has 1 N–H and O–H groups in total. The number of nitriles is 1. The molecule has 184 valence electrons. The molecule has 0 aliphatic rings. The lowest BCUT2D eigenvalue weighted by molar-refractivity contribution is 0.122. The molecule has 1 amide bonds. The number of carbonyl (C=O) groups is 1. The van der Waals surface area contributed by atoms with Gasteiger partial charge >= 0.3 is 6.09 Å². The summed E-state index contributed by atoms with van der Waals surface area (Å²) in [5.74, 6) is -0.678. The Labute approximate surface area is 203 Å². The van der Waals surface area contributed by atoms with Crippen LogP contribution in [0.2, 0.25) is 0 Å². The summed E-state index contributed by atoms with van der Waals surface area (Å²) >= 11 is 0. The minimum absolute atomic E-state index is 0.0390. The van der Waals surface area contributed by atoms with E-state index in [1.807, 2.05) is 26.8 Å². The number of carboxylic acid groups (broad SMARTS) is 1. The number of aromatic nitrogens is 2. The number of benzene rings is 1. The van der Waals surface area contributed by atoms with Crippen LogP contribution in [0.3, 0.4) is 0 Å². The molecule has 11 heteroatoms. The van der Waals surface area contributed by atoms with Crippen molar-refractivity contribution in [3.05, 3.63) is 65.9 Å². The van der Waals surface area contributed by atoms with E-state index in [0.29, 0.717) is 0 Å². The fraction of sp³-hybridized carbons (Fsp3) is 0.292. The minimum atomic E-state index is -4.37. The van der Waals surface area contributed by atoms with Crippen LogP contribution in [0.4, 0.5) is 9.18 Å². The molecule has 35 heavy (non-hydrogen) atoms. The smallest absolute Gasteiger partial charge is 0.407 e. The van der Waals surface area contributed by atoms with Gasteiger partial charge in [0.25, 0.3) is 10.0 Å². The zero-order valence-electron chi connectivity index (χ0n) is 19.7. The first-order valence-electron chi connectivity index (χ1n) is 10.5. The molecule has 2 aromatic heterocycles. The average molecular weight is 501 g/mol. The van der Waals surface area contributed by atoms with Crippen molar-refractivity contribution in [2.24, 2.45) is 5.41 Å². The summed E-state index contributed by atoms with van der Waals surface area (Å²) in [6.07, 6.45) is 1.11. The van der Waals surface area contributed by atoms with Crippen molar-refractivity contribution in [2.45, 2.75) is 32.2 Å². The standard InChI is InChI=1S/C24H25FN4O5S/c1-24(2,3)15-28(23(30)31)13-16-14-29(35(32,33)18-8-5-7-17(11-18)34-4)22(21(16)25)19-9-6-10-27-20(19)12-26/h5-11,14H,13,15H2,1-4H3,(H,30,31). The number of methoxy groups -OCH3 is 1. The van der Waals surface area contributed by atoms with E-state index >= 15 is 4.39 Å². The van der Waals surface area contributed by atoms with Crippen molar-refractivity contribution in [3.8, 4) is 23.1 Å². The molecule has 0 unspecified atom stereocenters. The summed E-state index contributed by atoms with van der Waals surface area (Å²) in [5, 5.41) is 19.2. The molecule has 0 aliphatic heterocycles. The van der Waals surface area contributed by atoms with Crippen LogP contribution in [0, 0.1) is 22.6 Å². The Hall–Kier alpha value is -3.91. The number of hydrogen-bond donors (Lipinski definition) is 1. The third-order valence-electron chi connectivity index (χ3n) is 5.05. The number of halogens is 1. The molecular formula is C24H25FN4O5S. The second-order valence-electron chi connectivity index (χ2n) is 9.01. The van der Waals surface area contributed by atoms with E-state index in [0.717, 1.165) is 15.1 Å². The lowest BCUT2D eigenvalue weighted by atomic mass is 9.96. The summed E-state index contributed by atoms with van der Waals surface area (Å²) in [7, 11) is -2.99. The Balaban J connectivity index is 2.26. The molecule has 0 atom stereocenters. The van der Waals surface area contributed by atoms with Gasteiger partial charge in [0.1, 0.15) is 23.2 Å². The lowest BCUT2D eigenvalue weighted by Crippen LogP contribution is -2.36. The third kappa shape index (κ3) is 5.44. The number of pyridine rings is 1. The van der Waals surface area contributed by atoms with Crippen LogP contribution in [-0.4, -0.2) is 47.1 Å². The van der Waals surface area contributed by atoms with Gasteiger partial charge in [-0.2, -0.15) is 5.26 Å². The quantitative estimate of drug-likeness (QED) is 0.512. The average Bonchev–Trinajstić information content (AvgIpc) is 3.14. The highest BCUT2D eigenvalue weighted by atomic mass is 32.2. The van der Waals surface area contributed by atoms with Crippen molar-refractivity contribution in [3.63, 3.8) is 0 Å². The van der Waals surface area contributed by atoms with Gasteiger partial charge in [0, 0.05) is 36.1 Å². The molecule has 0 saturated carbocycles. The molecule has 1 aromatic carbocycles. The zero-order valence-corrected chi connectivity index (χ0v) is 20.5. The summed E-state index contributed by atoms with van der Waals surface area (Å²) in [6, 6.07) is 10.3.